The van der Waals surface area contributed by atoms with Crippen LogP contribution in [0.2, 0.25) is 0 Å². The molecule has 1 heterocycles. The molecule has 1 N–H and O–H groups in total. The minimum absolute atomic E-state index is 0.191. The monoisotopic (exact) mass is 232 g/mol. The third kappa shape index (κ3) is 2.86. The molecule has 0 bridgehead atoms. The van der Waals surface area contributed by atoms with E-state index in [1.807, 2.05) is 42.2 Å². The Morgan fingerprint density at radius 2 is 1.94 bits per heavy atom. The van der Waals surface area contributed by atoms with Crippen molar-refractivity contribution >= 4 is 11.6 Å². The topological polar surface area (TPSA) is 32.3 Å². The maximum atomic E-state index is 12.4. The van der Waals surface area contributed by atoms with E-state index in [0.717, 1.165) is 38.2 Å². The number of amides is 1. The first-order chi connectivity index (χ1) is 8.33. The Morgan fingerprint density at radius 1 is 1.29 bits per heavy atom. The van der Waals surface area contributed by atoms with Crippen LogP contribution in [0.4, 0.5) is 5.69 Å². The molecule has 1 aliphatic rings. The van der Waals surface area contributed by atoms with E-state index < -0.39 is 0 Å². The maximum absolute atomic E-state index is 12.4. The van der Waals surface area contributed by atoms with Crippen molar-refractivity contribution in [1.29, 1.82) is 0 Å². The van der Waals surface area contributed by atoms with Crippen molar-refractivity contribution in [1.82, 2.24) is 5.32 Å². The van der Waals surface area contributed by atoms with Gasteiger partial charge < -0.3 is 10.2 Å². The molecule has 0 spiro atoms. The summed E-state index contributed by atoms with van der Waals surface area (Å²) in [6.45, 7) is 4.70. The summed E-state index contributed by atoms with van der Waals surface area (Å²) >= 11 is 0. The highest BCUT2D eigenvalue weighted by atomic mass is 16.2. The van der Waals surface area contributed by atoms with Crippen LogP contribution in [0.25, 0.3) is 0 Å². The van der Waals surface area contributed by atoms with Gasteiger partial charge in [0.25, 0.3) is 0 Å². The Labute approximate surface area is 103 Å². The highest BCUT2D eigenvalue weighted by Crippen LogP contribution is 2.20. The molecule has 1 aliphatic heterocycles. The number of nitrogens with one attached hydrogen (secondary N) is 1. The van der Waals surface area contributed by atoms with Gasteiger partial charge in [0.05, 0.1) is 0 Å². The van der Waals surface area contributed by atoms with Crippen molar-refractivity contribution in [3.63, 3.8) is 0 Å². The summed E-state index contributed by atoms with van der Waals surface area (Å²) in [5.74, 6) is 0.469. The predicted octanol–water partition coefficient (Wildman–Crippen LogP) is 2.04. The first kappa shape index (κ1) is 12.1. The smallest absolute Gasteiger partial charge is 0.230 e. The van der Waals surface area contributed by atoms with Crippen molar-refractivity contribution in [2.75, 3.05) is 24.5 Å². The van der Waals surface area contributed by atoms with Gasteiger partial charge in [-0.25, -0.2) is 0 Å². The molecular formula is C14H20N2O. The molecule has 1 amide bonds. The Kier molecular flexibility index (Phi) is 4.15. The number of para-hydroxylation sites is 1. The average molecular weight is 232 g/mol. The second kappa shape index (κ2) is 5.82. The number of hydrogen-bond acceptors (Lipinski definition) is 2. The fraction of sp³-hybridized carbons (Fsp3) is 0.500. The van der Waals surface area contributed by atoms with Gasteiger partial charge in [0.1, 0.15) is 0 Å². The Hall–Kier alpha value is -1.35. The third-order valence-electron chi connectivity index (χ3n) is 3.34. The molecule has 17 heavy (non-hydrogen) atoms. The van der Waals surface area contributed by atoms with Crippen LogP contribution in [0.5, 0.6) is 0 Å². The molecule has 1 aromatic carbocycles. The van der Waals surface area contributed by atoms with E-state index in [-0.39, 0.29) is 11.8 Å². The minimum atomic E-state index is 0.191. The fourth-order valence-electron chi connectivity index (χ4n) is 2.36. The van der Waals surface area contributed by atoms with E-state index in [0.29, 0.717) is 0 Å². The molecule has 1 saturated heterocycles. The van der Waals surface area contributed by atoms with Gasteiger partial charge in [-0.1, -0.05) is 18.2 Å². The molecule has 3 heteroatoms. The summed E-state index contributed by atoms with van der Waals surface area (Å²) in [6, 6.07) is 9.94. The zero-order chi connectivity index (χ0) is 12.1. The molecule has 2 rings (SSSR count). The van der Waals surface area contributed by atoms with E-state index in [9.17, 15) is 4.79 Å². The van der Waals surface area contributed by atoms with E-state index in [2.05, 4.69) is 5.32 Å². The van der Waals surface area contributed by atoms with E-state index in [1.165, 1.54) is 0 Å². The molecule has 0 aromatic heterocycles. The molecule has 3 nitrogen and oxygen atoms in total. The number of anilines is 1. The largest absolute Gasteiger partial charge is 0.317 e. The lowest BCUT2D eigenvalue weighted by atomic mass is 9.96. The van der Waals surface area contributed by atoms with Crippen LogP contribution >= 0.6 is 0 Å². The van der Waals surface area contributed by atoms with Gasteiger partial charge in [-0.3, -0.25) is 4.79 Å². The van der Waals surface area contributed by atoms with Gasteiger partial charge in [-0.05, 0) is 45.0 Å². The summed E-state index contributed by atoms with van der Waals surface area (Å²) in [4.78, 5) is 14.3. The van der Waals surface area contributed by atoms with Gasteiger partial charge in [0.15, 0.2) is 0 Å². The van der Waals surface area contributed by atoms with Crippen LogP contribution in [0.1, 0.15) is 19.8 Å². The standard InChI is InChI=1S/C14H20N2O/c1-2-16(13-6-4-3-5-7-13)14(17)12-8-10-15-11-9-12/h3-7,12,15H,2,8-11H2,1H3. The average Bonchev–Trinajstić information content (AvgIpc) is 2.42. The molecule has 92 valence electrons. The summed E-state index contributed by atoms with van der Waals surface area (Å²) in [5.41, 5.74) is 1.01. The number of piperidine rings is 1. The molecular weight excluding hydrogens is 212 g/mol. The van der Waals surface area contributed by atoms with Gasteiger partial charge in [-0.2, -0.15) is 0 Å². The summed E-state index contributed by atoms with van der Waals surface area (Å²) in [6.07, 6.45) is 1.92. The number of hydrogen-bond donors (Lipinski definition) is 1. The molecule has 0 aliphatic carbocycles. The van der Waals surface area contributed by atoms with Crippen molar-refractivity contribution in [3.05, 3.63) is 30.3 Å². The van der Waals surface area contributed by atoms with E-state index >= 15 is 0 Å². The van der Waals surface area contributed by atoms with Crippen LogP contribution in [0, 0.1) is 5.92 Å². The second-order valence-corrected chi connectivity index (χ2v) is 4.44. The minimum Gasteiger partial charge on any atom is -0.317 e. The van der Waals surface area contributed by atoms with Crippen LogP contribution in [0.15, 0.2) is 30.3 Å². The normalized spacial score (nSPS) is 16.8. The van der Waals surface area contributed by atoms with Crippen molar-refractivity contribution in [2.24, 2.45) is 5.92 Å². The van der Waals surface area contributed by atoms with Gasteiger partial charge in [0, 0.05) is 18.2 Å². The SMILES string of the molecule is CCN(C(=O)C1CCNCC1)c1ccccc1. The lowest BCUT2D eigenvalue weighted by molar-refractivity contribution is -0.123. The molecule has 0 unspecified atom stereocenters. The van der Waals surface area contributed by atoms with E-state index in [1.54, 1.807) is 0 Å². The molecule has 0 atom stereocenters. The Balaban J connectivity index is 2.10. The highest BCUT2D eigenvalue weighted by molar-refractivity contribution is 5.95. The maximum Gasteiger partial charge on any atom is 0.230 e. The molecule has 1 fully saturated rings. The van der Waals surface area contributed by atoms with Gasteiger partial charge >= 0.3 is 0 Å². The summed E-state index contributed by atoms with van der Waals surface area (Å²) in [7, 11) is 0. The van der Waals surface area contributed by atoms with Crippen molar-refractivity contribution in [3.8, 4) is 0 Å². The van der Waals surface area contributed by atoms with Crippen LogP contribution in [0.3, 0.4) is 0 Å². The van der Waals surface area contributed by atoms with E-state index in [4.69, 9.17) is 0 Å². The molecule has 1 aromatic rings. The second-order valence-electron chi connectivity index (χ2n) is 4.44. The lowest BCUT2D eigenvalue weighted by Crippen LogP contribution is -2.41. The lowest BCUT2D eigenvalue weighted by Gasteiger charge is -2.28. The van der Waals surface area contributed by atoms with Crippen LogP contribution in [-0.4, -0.2) is 25.5 Å². The van der Waals surface area contributed by atoms with Gasteiger partial charge in [0.2, 0.25) is 5.91 Å². The predicted molar refractivity (Wildman–Crippen MR) is 70.1 cm³/mol. The molecule has 0 saturated carbocycles. The Bertz CT molecular complexity index is 358. The Morgan fingerprint density at radius 3 is 2.53 bits per heavy atom. The summed E-state index contributed by atoms with van der Waals surface area (Å²) in [5, 5.41) is 3.30. The third-order valence-corrected chi connectivity index (χ3v) is 3.34. The highest BCUT2D eigenvalue weighted by Gasteiger charge is 2.25. The first-order valence-corrected chi connectivity index (χ1v) is 6.40. The quantitative estimate of drug-likeness (QED) is 0.865. The number of rotatable bonds is 3. The summed E-state index contributed by atoms with van der Waals surface area (Å²) < 4.78 is 0. The van der Waals surface area contributed by atoms with Crippen LogP contribution < -0.4 is 10.2 Å². The van der Waals surface area contributed by atoms with Crippen molar-refractivity contribution in [2.45, 2.75) is 19.8 Å². The number of benzene rings is 1. The number of carbonyl (C=O) groups is 1. The zero-order valence-electron chi connectivity index (χ0n) is 10.4. The van der Waals surface area contributed by atoms with Crippen LogP contribution in [-0.2, 0) is 4.79 Å². The van der Waals surface area contributed by atoms with Gasteiger partial charge in [-0.15, -0.1) is 0 Å². The zero-order valence-corrected chi connectivity index (χ0v) is 10.4. The fourth-order valence-corrected chi connectivity index (χ4v) is 2.36. The number of nitrogens with zero attached hydrogens (tertiary/aromatic N) is 1. The van der Waals surface area contributed by atoms with Crippen molar-refractivity contribution < 1.29 is 4.79 Å². The number of carbonyl (C=O) groups excluding carboxylic acids is 1. The molecule has 0 radical (unpaired) electrons. The first-order valence-electron chi connectivity index (χ1n) is 6.40.